The van der Waals surface area contributed by atoms with Crippen molar-refractivity contribution in [3.8, 4) is 0 Å². The number of hydrogen-bond acceptors (Lipinski definition) is 3. The lowest BCUT2D eigenvalue weighted by atomic mass is 10.1. The molecule has 2 aliphatic rings. The molecule has 0 saturated carbocycles. The van der Waals surface area contributed by atoms with Crippen LogP contribution >= 0.6 is 0 Å². The van der Waals surface area contributed by atoms with Gasteiger partial charge in [0.15, 0.2) is 0 Å². The van der Waals surface area contributed by atoms with Crippen molar-refractivity contribution >= 4 is 0 Å². The SMILES string of the molecule is c1ccc(CC2CCC(CCNCCC3CCC(Cc4ccccc4)O3)O2)cc1. The van der Waals surface area contributed by atoms with Crippen LogP contribution in [0.1, 0.15) is 49.7 Å². The molecule has 2 saturated heterocycles. The molecule has 4 unspecified atom stereocenters. The van der Waals surface area contributed by atoms with Crippen LogP contribution in [0.3, 0.4) is 0 Å². The highest BCUT2D eigenvalue weighted by Gasteiger charge is 2.26. The first-order chi connectivity index (χ1) is 14.3. The minimum atomic E-state index is 0.399. The third-order valence-corrected chi connectivity index (χ3v) is 6.29. The van der Waals surface area contributed by atoms with E-state index < -0.39 is 0 Å². The second-order valence-corrected chi connectivity index (χ2v) is 8.62. The lowest BCUT2D eigenvalue weighted by molar-refractivity contribution is 0.0377. The molecule has 2 fully saturated rings. The van der Waals surface area contributed by atoms with Gasteiger partial charge in [-0.1, -0.05) is 60.7 Å². The van der Waals surface area contributed by atoms with Gasteiger partial charge >= 0.3 is 0 Å². The molecule has 4 atom stereocenters. The Balaban J connectivity index is 1.05. The maximum absolute atomic E-state index is 6.25. The van der Waals surface area contributed by atoms with Crippen molar-refractivity contribution in [3.05, 3.63) is 71.8 Å². The Morgan fingerprint density at radius 1 is 0.586 bits per heavy atom. The summed E-state index contributed by atoms with van der Waals surface area (Å²) in [6.07, 6.45) is 10.8. The average molecular weight is 394 g/mol. The van der Waals surface area contributed by atoms with Crippen LogP contribution in [0.5, 0.6) is 0 Å². The largest absolute Gasteiger partial charge is 0.375 e. The van der Waals surface area contributed by atoms with Crippen LogP contribution in [0.2, 0.25) is 0 Å². The maximum Gasteiger partial charge on any atom is 0.0620 e. The van der Waals surface area contributed by atoms with Crippen molar-refractivity contribution in [2.75, 3.05) is 13.1 Å². The summed E-state index contributed by atoms with van der Waals surface area (Å²) in [5, 5.41) is 3.61. The maximum atomic E-state index is 6.25. The normalized spacial score (nSPS) is 26.8. The van der Waals surface area contributed by atoms with E-state index in [-0.39, 0.29) is 0 Å². The fourth-order valence-electron chi connectivity index (χ4n) is 4.69. The van der Waals surface area contributed by atoms with E-state index in [2.05, 4.69) is 66.0 Å². The van der Waals surface area contributed by atoms with Gasteiger partial charge in [-0.05, 0) is 75.6 Å². The smallest absolute Gasteiger partial charge is 0.0620 e. The molecule has 2 aliphatic heterocycles. The standard InChI is InChI=1S/C26H35NO2/c1-3-7-21(8-4-1)19-25-13-11-23(28-25)15-17-27-18-16-24-12-14-26(29-24)20-22-9-5-2-6-10-22/h1-10,23-27H,11-20H2. The number of nitrogens with one attached hydrogen (secondary N) is 1. The van der Waals surface area contributed by atoms with Gasteiger partial charge in [-0.15, -0.1) is 0 Å². The first-order valence-electron chi connectivity index (χ1n) is 11.4. The highest BCUT2D eigenvalue weighted by atomic mass is 16.5. The van der Waals surface area contributed by atoms with Gasteiger partial charge in [0, 0.05) is 0 Å². The molecule has 0 radical (unpaired) electrons. The van der Waals surface area contributed by atoms with Gasteiger partial charge < -0.3 is 14.8 Å². The predicted molar refractivity (Wildman–Crippen MR) is 118 cm³/mol. The topological polar surface area (TPSA) is 30.5 Å². The van der Waals surface area contributed by atoms with Gasteiger partial charge in [-0.25, -0.2) is 0 Å². The van der Waals surface area contributed by atoms with E-state index in [1.54, 1.807) is 0 Å². The Morgan fingerprint density at radius 3 is 1.45 bits per heavy atom. The van der Waals surface area contributed by atoms with Crippen LogP contribution in [-0.4, -0.2) is 37.5 Å². The summed E-state index contributed by atoms with van der Waals surface area (Å²) >= 11 is 0. The van der Waals surface area contributed by atoms with Gasteiger partial charge in [0.2, 0.25) is 0 Å². The number of hydrogen-bond donors (Lipinski definition) is 1. The molecule has 2 heterocycles. The van der Waals surface area contributed by atoms with Crippen molar-refractivity contribution in [1.82, 2.24) is 5.32 Å². The van der Waals surface area contributed by atoms with Crippen molar-refractivity contribution < 1.29 is 9.47 Å². The number of ether oxygens (including phenoxy) is 2. The summed E-state index contributed by atoms with van der Waals surface area (Å²) in [5.74, 6) is 0. The molecule has 4 rings (SSSR count). The molecular weight excluding hydrogens is 358 g/mol. The molecule has 0 aromatic heterocycles. The highest BCUT2D eigenvalue weighted by molar-refractivity contribution is 5.16. The molecular formula is C26H35NO2. The van der Waals surface area contributed by atoms with Crippen LogP contribution in [-0.2, 0) is 22.3 Å². The predicted octanol–water partition coefficient (Wildman–Crippen LogP) is 4.94. The van der Waals surface area contributed by atoms with E-state index in [1.807, 2.05) is 0 Å². The molecule has 29 heavy (non-hydrogen) atoms. The van der Waals surface area contributed by atoms with E-state index in [0.29, 0.717) is 24.4 Å². The molecule has 0 aliphatic carbocycles. The van der Waals surface area contributed by atoms with Crippen LogP contribution < -0.4 is 5.32 Å². The average Bonchev–Trinajstić information content (AvgIpc) is 3.39. The molecule has 2 aromatic carbocycles. The summed E-state index contributed by atoms with van der Waals surface area (Å²) < 4.78 is 12.5. The molecule has 3 heteroatoms. The Labute approximate surface area is 175 Å². The highest BCUT2D eigenvalue weighted by Crippen LogP contribution is 2.26. The second kappa shape index (κ2) is 10.9. The summed E-state index contributed by atoms with van der Waals surface area (Å²) in [7, 11) is 0. The van der Waals surface area contributed by atoms with E-state index in [0.717, 1.165) is 38.8 Å². The Hall–Kier alpha value is -1.68. The molecule has 3 nitrogen and oxygen atoms in total. The van der Waals surface area contributed by atoms with Crippen molar-refractivity contribution in [2.24, 2.45) is 0 Å². The lowest BCUT2D eigenvalue weighted by Crippen LogP contribution is -2.25. The van der Waals surface area contributed by atoms with Crippen molar-refractivity contribution in [2.45, 2.75) is 75.8 Å². The summed E-state index contributed by atoms with van der Waals surface area (Å²) in [4.78, 5) is 0. The van der Waals surface area contributed by atoms with E-state index in [1.165, 1.54) is 36.8 Å². The third-order valence-electron chi connectivity index (χ3n) is 6.29. The van der Waals surface area contributed by atoms with Crippen LogP contribution in [0.4, 0.5) is 0 Å². The first-order valence-corrected chi connectivity index (χ1v) is 11.4. The minimum Gasteiger partial charge on any atom is -0.375 e. The van der Waals surface area contributed by atoms with Crippen LogP contribution in [0.25, 0.3) is 0 Å². The Kier molecular flexibility index (Phi) is 7.75. The summed E-state index contributed by atoms with van der Waals surface area (Å²) in [5.41, 5.74) is 2.77. The van der Waals surface area contributed by atoms with Crippen LogP contribution in [0, 0.1) is 0 Å². The van der Waals surface area contributed by atoms with Gasteiger partial charge in [0.25, 0.3) is 0 Å². The molecule has 156 valence electrons. The van der Waals surface area contributed by atoms with E-state index >= 15 is 0 Å². The van der Waals surface area contributed by atoms with Gasteiger partial charge in [0.1, 0.15) is 0 Å². The van der Waals surface area contributed by atoms with Crippen LogP contribution in [0.15, 0.2) is 60.7 Å². The minimum absolute atomic E-state index is 0.399. The molecule has 0 bridgehead atoms. The monoisotopic (exact) mass is 393 g/mol. The zero-order valence-electron chi connectivity index (χ0n) is 17.5. The zero-order valence-corrected chi connectivity index (χ0v) is 17.5. The molecule has 0 spiro atoms. The summed E-state index contributed by atoms with van der Waals surface area (Å²) in [6.45, 7) is 2.09. The fraction of sp³-hybridized carbons (Fsp3) is 0.538. The molecule has 0 amide bonds. The molecule has 1 N–H and O–H groups in total. The van der Waals surface area contributed by atoms with E-state index in [9.17, 15) is 0 Å². The quantitative estimate of drug-likeness (QED) is 0.580. The van der Waals surface area contributed by atoms with Gasteiger partial charge in [-0.2, -0.15) is 0 Å². The second-order valence-electron chi connectivity index (χ2n) is 8.62. The van der Waals surface area contributed by atoms with Crippen molar-refractivity contribution in [3.63, 3.8) is 0 Å². The number of benzene rings is 2. The van der Waals surface area contributed by atoms with Gasteiger partial charge in [-0.3, -0.25) is 0 Å². The fourth-order valence-corrected chi connectivity index (χ4v) is 4.69. The molecule has 2 aromatic rings. The first kappa shape index (κ1) is 20.6. The Bertz CT molecular complexity index is 644. The van der Waals surface area contributed by atoms with Crippen molar-refractivity contribution in [1.29, 1.82) is 0 Å². The third kappa shape index (κ3) is 6.67. The lowest BCUT2D eigenvalue weighted by Gasteiger charge is -2.16. The summed E-state index contributed by atoms with van der Waals surface area (Å²) in [6, 6.07) is 21.4. The number of rotatable bonds is 10. The van der Waals surface area contributed by atoms with E-state index in [4.69, 9.17) is 9.47 Å². The zero-order chi connectivity index (χ0) is 19.7. The Morgan fingerprint density at radius 2 is 1.00 bits per heavy atom. The van der Waals surface area contributed by atoms with Gasteiger partial charge in [0.05, 0.1) is 24.4 Å².